The fourth-order valence-corrected chi connectivity index (χ4v) is 2.22. The summed E-state index contributed by atoms with van der Waals surface area (Å²) < 4.78 is 99.5. The van der Waals surface area contributed by atoms with Crippen molar-refractivity contribution in [2.75, 3.05) is 6.26 Å². The number of halogens is 6. The number of benzene rings is 1. The third-order valence-electron chi connectivity index (χ3n) is 2.24. The molecule has 0 bridgehead atoms. The first kappa shape index (κ1) is 16.8. The summed E-state index contributed by atoms with van der Waals surface area (Å²) in [5.74, 6) is 0. The summed E-state index contributed by atoms with van der Waals surface area (Å²) >= 11 is 0. The number of hydrogen-bond acceptors (Lipinski definition) is 2. The molecule has 10 heteroatoms. The van der Waals surface area contributed by atoms with Crippen molar-refractivity contribution < 1.29 is 34.8 Å². The minimum absolute atomic E-state index is 0.432. The van der Waals surface area contributed by atoms with Gasteiger partial charge in [-0.15, -0.1) is 0 Å². The van der Waals surface area contributed by atoms with Crippen LogP contribution in [0.1, 0.15) is 17.2 Å². The maximum atomic E-state index is 12.8. The van der Waals surface area contributed by atoms with Crippen molar-refractivity contribution in [3.63, 3.8) is 0 Å². The van der Waals surface area contributed by atoms with Gasteiger partial charge in [-0.1, -0.05) is 18.2 Å². The van der Waals surface area contributed by atoms with E-state index in [9.17, 15) is 34.8 Å². The zero-order valence-corrected chi connectivity index (χ0v) is 10.7. The summed E-state index contributed by atoms with van der Waals surface area (Å²) in [6.45, 7) is 0. The topological polar surface area (TPSA) is 46.2 Å². The molecule has 20 heavy (non-hydrogen) atoms. The molecule has 0 saturated carbocycles. The molecule has 0 unspecified atom stereocenters. The Labute approximate surface area is 110 Å². The summed E-state index contributed by atoms with van der Waals surface area (Å²) in [6, 6.07) is -0.0414. The normalized spacial score (nSPS) is 15.2. The first-order valence-electron chi connectivity index (χ1n) is 5.02. The van der Waals surface area contributed by atoms with Crippen LogP contribution in [0.5, 0.6) is 0 Å². The van der Waals surface area contributed by atoms with E-state index in [-0.39, 0.29) is 0 Å². The molecule has 0 spiro atoms. The first-order valence-corrected chi connectivity index (χ1v) is 6.91. The molecule has 0 amide bonds. The predicted octanol–water partition coefficient (Wildman–Crippen LogP) is 2.86. The van der Waals surface area contributed by atoms with Crippen molar-refractivity contribution in [2.45, 2.75) is 18.4 Å². The van der Waals surface area contributed by atoms with Crippen molar-refractivity contribution in [2.24, 2.45) is 0 Å². The van der Waals surface area contributed by atoms with Crippen LogP contribution in [-0.4, -0.2) is 20.8 Å². The smallest absolute Gasteiger partial charge is 0.213 e. The van der Waals surface area contributed by atoms with Crippen molar-refractivity contribution >= 4 is 10.0 Å². The highest BCUT2D eigenvalue weighted by atomic mass is 32.2. The molecule has 0 aliphatic carbocycles. The van der Waals surface area contributed by atoms with Crippen LogP contribution in [-0.2, 0) is 16.2 Å². The van der Waals surface area contributed by atoms with E-state index in [0.717, 1.165) is 12.1 Å². The lowest BCUT2D eigenvalue weighted by molar-refractivity contribution is -0.158. The Morgan fingerprint density at radius 2 is 1.55 bits per heavy atom. The maximum Gasteiger partial charge on any atom is 0.416 e. The van der Waals surface area contributed by atoms with Gasteiger partial charge in [-0.3, -0.25) is 0 Å². The van der Waals surface area contributed by atoms with Gasteiger partial charge in [0, 0.05) is 0 Å². The minimum Gasteiger partial charge on any atom is -0.213 e. The van der Waals surface area contributed by atoms with Crippen LogP contribution in [0.4, 0.5) is 26.3 Å². The van der Waals surface area contributed by atoms with Gasteiger partial charge in [-0.05, 0) is 11.6 Å². The molecular formula is C10H9F6NO2S. The molecule has 1 rings (SSSR count). The monoisotopic (exact) mass is 321 g/mol. The van der Waals surface area contributed by atoms with Gasteiger partial charge < -0.3 is 0 Å². The zero-order chi connectivity index (χ0) is 15.8. The molecular weight excluding hydrogens is 312 g/mol. The largest absolute Gasteiger partial charge is 0.416 e. The van der Waals surface area contributed by atoms with Crippen molar-refractivity contribution in [1.82, 2.24) is 4.72 Å². The molecule has 1 atom stereocenters. The zero-order valence-electron chi connectivity index (χ0n) is 9.88. The third kappa shape index (κ3) is 4.37. The molecule has 0 heterocycles. The Hall–Kier alpha value is -1.29. The van der Waals surface area contributed by atoms with E-state index in [1.165, 1.54) is 4.72 Å². The molecule has 0 saturated heterocycles. The Balaban J connectivity index is 3.44. The summed E-state index contributed by atoms with van der Waals surface area (Å²) in [5.41, 5.74) is -2.74. The van der Waals surface area contributed by atoms with E-state index in [4.69, 9.17) is 0 Å². The predicted molar refractivity (Wildman–Crippen MR) is 58.2 cm³/mol. The van der Waals surface area contributed by atoms with Crippen LogP contribution in [0.2, 0.25) is 0 Å². The standard InChI is InChI=1S/C10H9F6NO2S/c1-20(18,19)17-8(10(14,15)16)6-4-2-3-5-7(6)9(11,12)13/h2-5,8,17H,1H3/t8-/m0/s1. The second kappa shape index (κ2) is 5.24. The van der Waals surface area contributed by atoms with Gasteiger partial charge in [-0.2, -0.15) is 31.1 Å². The van der Waals surface area contributed by atoms with Crippen LogP contribution in [0, 0.1) is 0 Å². The average molecular weight is 321 g/mol. The van der Waals surface area contributed by atoms with Gasteiger partial charge in [0.25, 0.3) is 0 Å². The van der Waals surface area contributed by atoms with Crippen molar-refractivity contribution in [3.8, 4) is 0 Å². The molecule has 0 fully saturated rings. The van der Waals surface area contributed by atoms with E-state index >= 15 is 0 Å². The molecule has 0 aliphatic rings. The fourth-order valence-electron chi connectivity index (χ4n) is 1.53. The molecule has 1 aromatic carbocycles. The van der Waals surface area contributed by atoms with Crippen LogP contribution < -0.4 is 4.72 Å². The first-order chi connectivity index (χ1) is 8.82. The minimum atomic E-state index is -5.20. The number of rotatable bonds is 3. The summed E-state index contributed by atoms with van der Waals surface area (Å²) in [6.07, 6.45) is -9.80. The highest BCUT2D eigenvalue weighted by Crippen LogP contribution is 2.40. The maximum absolute atomic E-state index is 12.8. The SMILES string of the molecule is CS(=O)(=O)N[C@@H](c1ccccc1C(F)(F)F)C(F)(F)F. The van der Waals surface area contributed by atoms with E-state index in [1.807, 2.05) is 0 Å². The summed E-state index contributed by atoms with van der Waals surface area (Å²) in [7, 11) is -4.35. The second-order valence-electron chi connectivity index (χ2n) is 3.95. The lowest BCUT2D eigenvalue weighted by Crippen LogP contribution is -2.38. The van der Waals surface area contributed by atoms with Gasteiger partial charge >= 0.3 is 12.4 Å². The molecule has 1 N–H and O–H groups in total. The second-order valence-corrected chi connectivity index (χ2v) is 5.73. The van der Waals surface area contributed by atoms with Crippen LogP contribution in [0.3, 0.4) is 0 Å². The number of hydrogen-bond donors (Lipinski definition) is 1. The Bertz CT molecular complexity index is 578. The third-order valence-corrected chi connectivity index (χ3v) is 2.90. The van der Waals surface area contributed by atoms with Crippen molar-refractivity contribution in [1.29, 1.82) is 0 Å². The molecule has 3 nitrogen and oxygen atoms in total. The molecule has 0 radical (unpaired) electrons. The molecule has 1 aromatic rings. The molecule has 114 valence electrons. The Morgan fingerprint density at radius 1 is 1.05 bits per heavy atom. The van der Waals surface area contributed by atoms with Crippen LogP contribution in [0.15, 0.2) is 24.3 Å². The van der Waals surface area contributed by atoms with Gasteiger partial charge in [0.1, 0.15) is 6.04 Å². The average Bonchev–Trinajstić information content (AvgIpc) is 2.22. The van der Waals surface area contributed by atoms with E-state index in [1.54, 1.807) is 0 Å². The quantitative estimate of drug-likeness (QED) is 0.870. The summed E-state index contributed by atoms with van der Waals surface area (Å²) in [5, 5.41) is 0. The lowest BCUT2D eigenvalue weighted by atomic mass is 10.0. The van der Waals surface area contributed by atoms with Gasteiger partial charge in [0.05, 0.1) is 11.8 Å². The van der Waals surface area contributed by atoms with Gasteiger partial charge in [0.15, 0.2) is 0 Å². The van der Waals surface area contributed by atoms with Crippen molar-refractivity contribution in [3.05, 3.63) is 35.4 Å². The van der Waals surface area contributed by atoms with Gasteiger partial charge in [0.2, 0.25) is 10.0 Å². The van der Waals surface area contributed by atoms with E-state index in [0.29, 0.717) is 18.4 Å². The van der Waals surface area contributed by atoms with Gasteiger partial charge in [-0.25, -0.2) is 8.42 Å². The van der Waals surface area contributed by atoms with E-state index in [2.05, 4.69) is 0 Å². The lowest BCUT2D eigenvalue weighted by Gasteiger charge is -2.24. The molecule has 0 aromatic heterocycles. The Kier molecular flexibility index (Phi) is 4.39. The number of nitrogens with one attached hydrogen (secondary N) is 1. The summed E-state index contributed by atoms with van der Waals surface area (Å²) in [4.78, 5) is 0. The van der Waals surface area contributed by atoms with Crippen LogP contribution in [0.25, 0.3) is 0 Å². The van der Waals surface area contributed by atoms with Crippen LogP contribution >= 0.6 is 0 Å². The number of sulfonamides is 1. The highest BCUT2D eigenvalue weighted by Gasteiger charge is 2.46. The fraction of sp³-hybridized carbons (Fsp3) is 0.400. The van der Waals surface area contributed by atoms with E-state index < -0.39 is 39.5 Å². The molecule has 0 aliphatic heterocycles. The number of alkyl halides is 6. The Morgan fingerprint density at radius 3 is 1.95 bits per heavy atom. The highest BCUT2D eigenvalue weighted by molar-refractivity contribution is 7.88.